The van der Waals surface area contributed by atoms with Gasteiger partial charge in [0.25, 0.3) is 0 Å². The Morgan fingerprint density at radius 1 is 1.10 bits per heavy atom. The molecule has 0 aromatic heterocycles. The molecule has 1 fully saturated rings. The standard InChI is InChI=1S/C16H26N2O2/c1-4-14(17-18-10-6-5-7-11-18)13-8-9-15(19-2)16(12-13)20-3/h8-9,12,14,17H,4-7,10-11H2,1-3H3. The highest BCUT2D eigenvalue weighted by atomic mass is 16.5. The molecule has 1 heterocycles. The second-order valence-corrected chi connectivity index (χ2v) is 5.25. The van der Waals surface area contributed by atoms with Gasteiger partial charge in [0.1, 0.15) is 0 Å². The molecule has 2 rings (SSSR count). The van der Waals surface area contributed by atoms with E-state index >= 15 is 0 Å². The number of benzene rings is 1. The molecule has 1 N–H and O–H groups in total. The quantitative estimate of drug-likeness (QED) is 0.866. The van der Waals surface area contributed by atoms with Crippen molar-refractivity contribution in [1.82, 2.24) is 10.4 Å². The van der Waals surface area contributed by atoms with Crippen molar-refractivity contribution in [3.63, 3.8) is 0 Å². The molecule has 1 aromatic carbocycles. The number of methoxy groups -OCH3 is 2. The van der Waals surface area contributed by atoms with Gasteiger partial charge >= 0.3 is 0 Å². The first kappa shape index (κ1) is 15.1. The van der Waals surface area contributed by atoms with Gasteiger partial charge in [-0.3, -0.25) is 0 Å². The van der Waals surface area contributed by atoms with Gasteiger partial charge in [0, 0.05) is 19.1 Å². The average Bonchev–Trinajstić information content (AvgIpc) is 2.53. The third-order valence-corrected chi connectivity index (χ3v) is 3.91. The van der Waals surface area contributed by atoms with Crippen LogP contribution in [0.2, 0.25) is 0 Å². The summed E-state index contributed by atoms with van der Waals surface area (Å²) in [6, 6.07) is 6.50. The number of hydrogen-bond donors (Lipinski definition) is 1. The summed E-state index contributed by atoms with van der Waals surface area (Å²) in [6.45, 7) is 4.49. The number of nitrogens with one attached hydrogen (secondary N) is 1. The Labute approximate surface area is 122 Å². The summed E-state index contributed by atoms with van der Waals surface area (Å²) < 4.78 is 10.7. The second kappa shape index (κ2) is 7.50. The summed E-state index contributed by atoms with van der Waals surface area (Å²) in [7, 11) is 3.35. The molecule has 0 radical (unpaired) electrons. The van der Waals surface area contributed by atoms with Gasteiger partial charge in [-0.25, -0.2) is 10.4 Å². The molecule has 0 saturated carbocycles. The predicted octanol–water partition coefficient (Wildman–Crippen LogP) is 3.15. The molecule has 20 heavy (non-hydrogen) atoms. The van der Waals surface area contributed by atoms with Crippen molar-refractivity contribution < 1.29 is 9.47 Å². The van der Waals surface area contributed by atoms with E-state index in [2.05, 4.69) is 29.5 Å². The Balaban J connectivity index is 2.09. The largest absolute Gasteiger partial charge is 0.493 e. The molecular formula is C16H26N2O2. The molecule has 0 spiro atoms. The van der Waals surface area contributed by atoms with E-state index in [0.717, 1.165) is 31.0 Å². The third kappa shape index (κ3) is 3.64. The van der Waals surface area contributed by atoms with Crippen molar-refractivity contribution >= 4 is 0 Å². The maximum absolute atomic E-state index is 5.40. The van der Waals surface area contributed by atoms with E-state index < -0.39 is 0 Å². The molecule has 0 amide bonds. The number of piperidine rings is 1. The molecule has 4 heteroatoms. The fraction of sp³-hybridized carbons (Fsp3) is 0.625. The molecule has 0 bridgehead atoms. The predicted molar refractivity (Wildman–Crippen MR) is 81.1 cm³/mol. The topological polar surface area (TPSA) is 33.7 Å². The first-order chi connectivity index (χ1) is 9.78. The molecule has 0 aliphatic carbocycles. The Morgan fingerprint density at radius 3 is 2.40 bits per heavy atom. The fourth-order valence-corrected chi connectivity index (χ4v) is 2.71. The molecule has 1 unspecified atom stereocenters. The van der Waals surface area contributed by atoms with Crippen molar-refractivity contribution in [3.8, 4) is 11.5 Å². The lowest BCUT2D eigenvalue weighted by atomic mass is 10.0. The zero-order valence-electron chi connectivity index (χ0n) is 12.8. The summed E-state index contributed by atoms with van der Waals surface area (Å²) in [4.78, 5) is 0. The molecule has 4 nitrogen and oxygen atoms in total. The minimum absolute atomic E-state index is 0.327. The van der Waals surface area contributed by atoms with E-state index in [1.54, 1.807) is 14.2 Å². The van der Waals surface area contributed by atoms with Gasteiger partial charge in [0.05, 0.1) is 14.2 Å². The van der Waals surface area contributed by atoms with E-state index in [4.69, 9.17) is 9.47 Å². The molecule has 1 saturated heterocycles. The normalized spacial score (nSPS) is 17.8. The smallest absolute Gasteiger partial charge is 0.161 e. The first-order valence-electron chi connectivity index (χ1n) is 7.51. The summed E-state index contributed by atoms with van der Waals surface area (Å²) >= 11 is 0. The van der Waals surface area contributed by atoms with Gasteiger partial charge in [-0.2, -0.15) is 0 Å². The van der Waals surface area contributed by atoms with E-state index in [1.807, 2.05) is 6.07 Å². The van der Waals surface area contributed by atoms with Crippen LogP contribution >= 0.6 is 0 Å². The maximum Gasteiger partial charge on any atom is 0.161 e. The minimum Gasteiger partial charge on any atom is -0.493 e. The third-order valence-electron chi connectivity index (χ3n) is 3.91. The first-order valence-corrected chi connectivity index (χ1v) is 7.51. The van der Waals surface area contributed by atoms with Gasteiger partial charge in [-0.1, -0.05) is 19.4 Å². The minimum atomic E-state index is 0.327. The monoisotopic (exact) mass is 278 g/mol. The zero-order chi connectivity index (χ0) is 14.4. The maximum atomic E-state index is 5.40. The molecule has 1 aliphatic rings. The van der Waals surface area contributed by atoms with Crippen LogP contribution in [0.5, 0.6) is 11.5 Å². The van der Waals surface area contributed by atoms with Gasteiger partial charge in [0.2, 0.25) is 0 Å². The Bertz CT molecular complexity index is 417. The van der Waals surface area contributed by atoms with Crippen LogP contribution in [-0.2, 0) is 0 Å². The van der Waals surface area contributed by atoms with E-state index in [1.165, 1.54) is 24.8 Å². The van der Waals surface area contributed by atoms with Crippen molar-refractivity contribution in [2.45, 2.75) is 38.6 Å². The average molecular weight is 278 g/mol. The van der Waals surface area contributed by atoms with Gasteiger partial charge < -0.3 is 9.47 Å². The van der Waals surface area contributed by atoms with Crippen LogP contribution in [0.25, 0.3) is 0 Å². The van der Waals surface area contributed by atoms with Gasteiger partial charge in [-0.05, 0) is 37.0 Å². The van der Waals surface area contributed by atoms with Crippen LogP contribution in [-0.4, -0.2) is 32.3 Å². The number of hydrogen-bond acceptors (Lipinski definition) is 4. The SMILES string of the molecule is CCC(NN1CCCCC1)c1ccc(OC)c(OC)c1. The fourth-order valence-electron chi connectivity index (χ4n) is 2.71. The van der Waals surface area contributed by atoms with Gasteiger partial charge in [0.15, 0.2) is 11.5 Å². The molecule has 112 valence electrons. The Kier molecular flexibility index (Phi) is 5.68. The van der Waals surface area contributed by atoms with Crippen LogP contribution in [0.1, 0.15) is 44.2 Å². The van der Waals surface area contributed by atoms with Crippen LogP contribution in [0.15, 0.2) is 18.2 Å². The highest BCUT2D eigenvalue weighted by molar-refractivity contribution is 5.43. The van der Waals surface area contributed by atoms with Crippen molar-refractivity contribution in [2.75, 3.05) is 27.3 Å². The van der Waals surface area contributed by atoms with Crippen LogP contribution in [0, 0.1) is 0 Å². The molecule has 1 aromatic rings. The van der Waals surface area contributed by atoms with Crippen LogP contribution in [0.4, 0.5) is 0 Å². The lowest BCUT2D eigenvalue weighted by Crippen LogP contribution is -2.43. The zero-order valence-corrected chi connectivity index (χ0v) is 12.8. The van der Waals surface area contributed by atoms with E-state index in [-0.39, 0.29) is 0 Å². The highest BCUT2D eigenvalue weighted by Gasteiger charge is 2.17. The Morgan fingerprint density at radius 2 is 1.80 bits per heavy atom. The number of rotatable bonds is 6. The van der Waals surface area contributed by atoms with Gasteiger partial charge in [-0.15, -0.1) is 0 Å². The summed E-state index contributed by atoms with van der Waals surface area (Å²) in [6.07, 6.45) is 4.97. The molecule has 1 atom stereocenters. The van der Waals surface area contributed by atoms with Crippen molar-refractivity contribution in [3.05, 3.63) is 23.8 Å². The molecular weight excluding hydrogens is 252 g/mol. The van der Waals surface area contributed by atoms with Crippen molar-refractivity contribution in [2.24, 2.45) is 0 Å². The lowest BCUT2D eigenvalue weighted by molar-refractivity contribution is 0.126. The summed E-state index contributed by atoms with van der Waals surface area (Å²) in [5.41, 5.74) is 4.89. The van der Waals surface area contributed by atoms with Crippen LogP contribution in [0.3, 0.4) is 0 Å². The number of hydrazine groups is 1. The van der Waals surface area contributed by atoms with Crippen LogP contribution < -0.4 is 14.9 Å². The van der Waals surface area contributed by atoms with Crippen molar-refractivity contribution in [1.29, 1.82) is 0 Å². The second-order valence-electron chi connectivity index (χ2n) is 5.25. The summed E-state index contributed by atoms with van der Waals surface area (Å²) in [5.74, 6) is 1.58. The van der Waals surface area contributed by atoms with E-state index in [9.17, 15) is 0 Å². The number of ether oxygens (including phenoxy) is 2. The lowest BCUT2D eigenvalue weighted by Gasteiger charge is -2.31. The highest BCUT2D eigenvalue weighted by Crippen LogP contribution is 2.31. The molecule has 1 aliphatic heterocycles. The van der Waals surface area contributed by atoms with E-state index in [0.29, 0.717) is 6.04 Å². The Hall–Kier alpha value is -1.26. The number of nitrogens with zero attached hydrogens (tertiary/aromatic N) is 1. The summed E-state index contributed by atoms with van der Waals surface area (Å²) in [5, 5.41) is 2.36.